The van der Waals surface area contributed by atoms with Crippen molar-refractivity contribution in [2.45, 2.75) is 37.2 Å². The summed E-state index contributed by atoms with van der Waals surface area (Å²) in [5.41, 5.74) is 1.91. The summed E-state index contributed by atoms with van der Waals surface area (Å²) in [4.78, 5) is 4.32. The molecule has 3 aromatic rings. The number of amidine groups is 1. The monoisotopic (exact) mass is 507 g/mol. The predicted octanol–water partition coefficient (Wildman–Crippen LogP) is 4.61. The SMILES string of the molecule is CC1(C)OC(=NC(CCO)c2ccccc2F)NS(=O)(=O)C1c1ccc(-c2ccc(C#N)cc2)cc1. The van der Waals surface area contributed by atoms with E-state index in [1.54, 1.807) is 56.3 Å². The van der Waals surface area contributed by atoms with Gasteiger partial charge >= 0.3 is 0 Å². The number of nitriles is 1. The lowest BCUT2D eigenvalue weighted by Gasteiger charge is -2.39. The highest BCUT2D eigenvalue weighted by molar-refractivity contribution is 7.90. The first kappa shape index (κ1) is 25.4. The number of hydrogen-bond donors (Lipinski definition) is 2. The smallest absolute Gasteiger partial charge is 0.299 e. The van der Waals surface area contributed by atoms with E-state index in [0.29, 0.717) is 11.1 Å². The normalized spacial score (nSPS) is 20.1. The molecule has 186 valence electrons. The Morgan fingerprint density at radius 3 is 2.25 bits per heavy atom. The fraction of sp³-hybridized carbons (Fsp3) is 0.259. The van der Waals surface area contributed by atoms with Gasteiger partial charge < -0.3 is 9.84 Å². The third-order valence-electron chi connectivity index (χ3n) is 6.03. The highest BCUT2D eigenvalue weighted by Crippen LogP contribution is 2.39. The third-order valence-corrected chi connectivity index (χ3v) is 7.95. The van der Waals surface area contributed by atoms with Gasteiger partial charge in [0.25, 0.3) is 6.02 Å². The Balaban J connectivity index is 1.62. The molecule has 3 aromatic carbocycles. The third kappa shape index (κ3) is 5.25. The van der Waals surface area contributed by atoms with Crippen molar-refractivity contribution in [2.24, 2.45) is 4.99 Å². The van der Waals surface area contributed by atoms with Crippen molar-refractivity contribution in [3.63, 3.8) is 0 Å². The second-order valence-electron chi connectivity index (χ2n) is 9.03. The van der Waals surface area contributed by atoms with Gasteiger partial charge in [-0.15, -0.1) is 0 Å². The van der Waals surface area contributed by atoms with Crippen LogP contribution in [0.1, 0.15) is 48.3 Å². The minimum Gasteiger partial charge on any atom is -0.457 e. The first-order chi connectivity index (χ1) is 17.1. The largest absolute Gasteiger partial charge is 0.457 e. The summed E-state index contributed by atoms with van der Waals surface area (Å²) in [5.74, 6) is -0.501. The highest BCUT2D eigenvalue weighted by Gasteiger charge is 2.48. The van der Waals surface area contributed by atoms with Gasteiger partial charge in [-0.2, -0.15) is 5.26 Å². The van der Waals surface area contributed by atoms with Crippen LogP contribution >= 0.6 is 0 Å². The van der Waals surface area contributed by atoms with Gasteiger partial charge in [0.2, 0.25) is 10.0 Å². The van der Waals surface area contributed by atoms with Crippen molar-refractivity contribution < 1.29 is 22.7 Å². The minimum atomic E-state index is -3.97. The molecular formula is C27H26FN3O4S. The maximum atomic E-state index is 14.4. The molecule has 1 aliphatic heterocycles. The number of aliphatic hydroxyl groups is 1. The summed E-state index contributed by atoms with van der Waals surface area (Å²) < 4.78 is 49.4. The molecule has 1 heterocycles. The van der Waals surface area contributed by atoms with Crippen LogP contribution in [-0.2, 0) is 14.8 Å². The summed E-state index contributed by atoms with van der Waals surface area (Å²) in [6.07, 6.45) is 0.0934. The topological polar surface area (TPSA) is 112 Å². The van der Waals surface area contributed by atoms with Gasteiger partial charge in [-0.1, -0.05) is 54.6 Å². The Kier molecular flexibility index (Phi) is 7.11. The molecule has 4 rings (SSSR count). The van der Waals surface area contributed by atoms with Gasteiger partial charge in [0, 0.05) is 12.2 Å². The molecule has 36 heavy (non-hydrogen) atoms. The summed E-state index contributed by atoms with van der Waals surface area (Å²) >= 11 is 0. The molecule has 0 bridgehead atoms. The van der Waals surface area contributed by atoms with Gasteiger partial charge in [0.1, 0.15) is 16.7 Å². The second-order valence-corrected chi connectivity index (χ2v) is 10.8. The fourth-order valence-electron chi connectivity index (χ4n) is 4.40. The molecule has 2 atom stereocenters. The van der Waals surface area contributed by atoms with E-state index in [1.807, 2.05) is 24.3 Å². The maximum Gasteiger partial charge on any atom is 0.299 e. The van der Waals surface area contributed by atoms with E-state index in [2.05, 4.69) is 15.8 Å². The molecule has 1 aliphatic rings. The van der Waals surface area contributed by atoms with Crippen molar-refractivity contribution in [3.8, 4) is 17.2 Å². The Morgan fingerprint density at radius 2 is 1.69 bits per heavy atom. The van der Waals surface area contributed by atoms with Crippen LogP contribution in [0.2, 0.25) is 0 Å². The molecule has 0 amide bonds. The van der Waals surface area contributed by atoms with Crippen molar-refractivity contribution in [1.29, 1.82) is 5.26 Å². The van der Waals surface area contributed by atoms with Crippen LogP contribution in [0.3, 0.4) is 0 Å². The minimum absolute atomic E-state index is 0.0934. The first-order valence-electron chi connectivity index (χ1n) is 11.4. The van der Waals surface area contributed by atoms with Crippen molar-refractivity contribution in [3.05, 3.63) is 95.3 Å². The van der Waals surface area contributed by atoms with Gasteiger partial charge in [0.05, 0.1) is 17.7 Å². The van der Waals surface area contributed by atoms with Gasteiger partial charge in [-0.05, 0) is 55.2 Å². The van der Waals surface area contributed by atoms with Gasteiger partial charge in [0.15, 0.2) is 0 Å². The van der Waals surface area contributed by atoms with E-state index in [-0.39, 0.29) is 24.6 Å². The molecule has 0 spiro atoms. The molecule has 0 radical (unpaired) electrons. The number of rotatable bonds is 6. The maximum absolute atomic E-state index is 14.4. The Labute approximate surface area is 209 Å². The summed E-state index contributed by atoms with van der Waals surface area (Å²) in [7, 11) is -3.97. The first-order valence-corrected chi connectivity index (χ1v) is 12.9. The molecule has 9 heteroatoms. The molecule has 7 nitrogen and oxygen atoms in total. The van der Waals surface area contributed by atoms with Crippen molar-refractivity contribution in [1.82, 2.24) is 4.72 Å². The summed E-state index contributed by atoms with van der Waals surface area (Å²) in [6, 6.07) is 21.3. The number of sulfonamides is 1. The molecule has 2 unspecified atom stereocenters. The zero-order chi connectivity index (χ0) is 25.9. The zero-order valence-electron chi connectivity index (χ0n) is 19.8. The number of aliphatic imine (C=N–C) groups is 1. The molecule has 0 saturated carbocycles. The van der Waals surface area contributed by atoms with Crippen LogP contribution in [0.25, 0.3) is 11.1 Å². The predicted molar refractivity (Wildman–Crippen MR) is 135 cm³/mol. The van der Waals surface area contributed by atoms with Crippen LogP contribution in [-0.4, -0.2) is 31.8 Å². The van der Waals surface area contributed by atoms with Crippen LogP contribution in [0.4, 0.5) is 4.39 Å². The number of ether oxygens (including phenoxy) is 1. The lowest BCUT2D eigenvalue weighted by atomic mass is 9.95. The lowest BCUT2D eigenvalue weighted by Crippen LogP contribution is -2.53. The summed E-state index contributed by atoms with van der Waals surface area (Å²) in [6.45, 7) is 3.05. The van der Waals surface area contributed by atoms with Crippen LogP contribution in [0.15, 0.2) is 77.8 Å². The van der Waals surface area contributed by atoms with Crippen LogP contribution < -0.4 is 4.72 Å². The van der Waals surface area contributed by atoms with E-state index < -0.39 is 32.7 Å². The molecular weight excluding hydrogens is 481 g/mol. The molecule has 2 N–H and O–H groups in total. The molecule has 0 aromatic heterocycles. The average molecular weight is 508 g/mol. The Bertz CT molecular complexity index is 1410. The van der Waals surface area contributed by atoms with Gasteiger partial charge in [-0.25, -0.2) is 22.5 Å². The number of hydrogen-bond acceptors (Lipinski definition) is 6. The number of halogens is 1. The highest BCUT2D eigenvalue weighted by atomic mass is 32.2. The van der Waals surface area contributed by atoms with Crippen molar-refractivity contribution >= 4 is 16.0 Å². The standard InChI is InChI=1S/C27H26FN3O4S/c1-27(2)25(21-13-11-20(12-14-21)19-9-7-18(17-29)8-10-19)36(33,34)31-26(35-27)30-24(15-16-32)22-5-3-4-6-23(22)28/h3-14,24-25,32H,15-16H2,1-2H3,(H,30,31). The van der Waals surface area contributed by atoms with Gasteiger partial charge in [-0.3, -0.25) is 0 Å². The number of benzene rings is 3. The zero-order valence-corrected chi connectivity index (χ0v) is 20.7. The second kappa shape index (κ2) is 10.1. The number of nitrogens with one attached hydrogen (secondary N) is 1. The Morgan fingerprint density at radius 1 is 1.08 bits per heavy atom. The lowest BCUT2D eigenvalue weighted by molar-refractivity contribution is 0.0758. The number of nitrogens with zero attached hydrogens (tertiary/aromatic N) is 2. The fourth-order valence-corrected chi connectivity index (χ4v) is 6.16. The Hall–Kier alpha value is -3.74. The summed E-state index contributed by atoms with van der Waals surface area (Å²) in [5, 5.41) is 17.4. The average Bonchev–Trinajstić information content (AvgIpc) is 2.83. The van der Waals surface area contributed by atoms with E-state index in [0.717, 1.165) is 11.1 Å². The van der Waals surface area contributed by atoms with Crippen molar-refractivity contribution in [2.75, 3.05) is 6.61 Å². The van der Waals surface area contributed by atoms with E-state index >= 15 is 0 Å². The van der Waals surface area contributed by atoms with E-state index in [1.165, 1.54) is 6.07 Å². The van der Waals surface area contributed by atoms with Crippen LogP contribution in [0.5, 0.6) is 0 Å². The molecule has 0 aliphatic carbocycles. The quantitative estimate of drug-likeness (QED) is 0.506. The van der Waals surface area contributed by atoms with E-state index in [4.69, 9.17) is 10.00 Å². The van der Waals surface area contributed by atoms with Crippen LogP contribution in [0, 0.1) is 17.1 Å². The molecule has 1 saturated heterocycles. The van der Waals surface area contributed by atoms with E-state index in [9.17, 15) is 17.9 Å². The molecule has 1 fully saturated rings. The number of aliphatic hydroxyl groups excluding tert-OH is 1.